The van der Waals surface area contributed by atoms with Gasteiger partial charge in [-0.2, -0.15) is 0 Å². The minimum absolute atomic E-state index is 0.104. The molecule has 3 N–H and O–H groups in total. The number of rotatable bonds is 7. The Hall–Kier alpha value is -1.22. The number of carbonyl (C=O) groups excluding carboxylic acids is 2. The number of hydrogen-bond acceptors (Lipinski definition) is 6. The van der Waals surface area contributed by atoms with Gasteiger partial charge in [-0.15, -0.1) is 0 Å². The standard InChI is InChI=1S/C13H26N4O4/c1-16(2)7-10-6-11(18)8-17(10)9-12(19)15-13(20)14-4-5-21-3/h10-11,18H,4-9H2,1-3H3,(H2,14,15,19,20). The van der Waals surface area contributed by atoms with Gasteiger partial charge in [0.25, 0.3) is 0 Å². The number of urea groups is 1. The molecule has 0 aromatic heterocycles. The average molecular weight is 302 g/mol. The molecular weight excluding hydrogens is 276 g/mol. The molecule has 0 aliphatic carbocycles. The van der Waals surface area contributed by atoms with Crippen molar-refractivity contribution in [1.82, 2.24) is 20.4 Å². The smallest absolute Gasteiger partial charge is 0.321 e. The molecule has 0 aromatic carbocycles. The molecule has 0 bridgehead atoms. The van der Waals surface area contributed by atoms with Crippen LogP contribution in [-0.2, 0) is 9.53 Å². The van der Waals surface area contributed by atoms with Crippen LogP contribution >= 0.6 is 0 Å². The van der Waals surface area contributed by atoms with Crippen molar-refractivity contribution in [1.29, 1.82) is 0 Å². The van der Waals surface area contributed by atoms with Crippen molar-refractivity contribution in [3.05, 3.63) is 0 Å². The topological polar surface area (TPSA) is 94.1 Å². The van der Waals surface area contributed by atoms with Gasteiger partial charge in [-0.3, -0.25) is 15.0 Å². The molecule has 8 heteroatoms. The third-order valence-corrected chi connectivity index (χ3v) is 3.27. The SMILES string of the molecule is COCCNC(=O)NC(=O)CN1CC(O)CC1CN(C)C. The maximum atomic E-state index is 11.8. The zero-order valence-corrected chi connectivity index (χ0v) is 13.0. The van der Waals surface area contributed by atoms with Crippen molar-refractivity contribution in [2.75, 3.05) is 54.0 Å². The number of β-amino-alcohol motifs (C(OH)–C–C–N with tert-alkyl or cyclic N) is 1. The van der Waals surface area contributed by atoms with Crippen LogP contribution in [0.25, 0.3) is 0 Å². The fourth-order valence-corrected chi connectivity index (χ4v) is 2.42. The number of carbonyl (C=O) groups is 2. The van der Waals surface area contributed by atoms with Gasteiger partial charge in [0.2, 0.25) is 5.91 Å². The van der Waals surface area contributed by atoms with E-state index in [1.54, 1.807) is 0 Å². The summed E-state index contributed by atoms with van der Waals surface area (Å²) < 4.78 is 4.80. The van der Waals surface area contributed by atoms with Crippen LogP contribution in [0.3, 0.4) is 0 Å². The summed E-state index contributed by atoms with van der Waals surface area (Å²) in [7, 11) is 5.44. The summed E-state index contributed by atoms with van der Waals surface area (Å²) in [6.07, 6.45) is 0.226. The molecule has 0 spiro atoms. The zero-order chi connectivity index (χ0) is 15.8. The van der Waals surface area contributed by atoms with E-state index in [4.69, 9.17) is 4.74 Å². The van der Waals surface area contributed by atoms with Gasteiger partial charge in [-0.05, 0) is 20.5 Å². The fourth-order valence-electron chi connectivity index (χ4n) is 2.42. The van der Waals surface area contributed by atoms with Gasteiger partial charge < -0.3 is 20.1 Å². The number of nitrogens with zero attached hydrogens (tertiary/aromatic N) is 2. The Kier molecular flexibility index (Phi) is 7.58. The fraction of sp³-hybridized carbons (Fsp3) is 0.846. The molecular formula is C13H26N4O4. The van der Waals surface area contributed by atoms with E-state index in [1.165, 1.54) is 7.11 Å². The van der Waals surface area contributed by atoms with Crippen LogP contribution in [0.1, 0.15) is 6.42 Å². The first-order valence-electron chi connectivity index (χ1n) is 7.05. The maximum Gasteiger partial charge on any atom is 0.321 e. The highest BCUT2D eigenvalue weighted by Crippen LogP contribution is 2.17. The predicted molar refractivity (Wildman–Crippen MR) is 78.0 cm³/mol. The molecule has 1 aliphatic rings. The molecule has 2 unspecified atom stereocenters. The molecule has 0 radical (unpaired) electrons. The van der Waals surface area contributed by atoms with Crippen molar-refractivity contribution in [2.45, 2.75) is 18.6 Å². The summed E-state index contributed by atoms with van der Waals surface area (Å²) in [5, 5.41) is 14.5. The molecule has 0 aromatic rings. The monoisotopic (exact) mass is 302 g/mol. The molecule has 1 saturated heterocycles. The highest BCUT2D eigenvalue weighted by atomic mass is 16.5. The molecule has 1 rings (SSSR count). The van der Waals surface area contributed by atoms with E-state index in [-0.39, 0.29) is 18.5 Å². The maximum absolute atomic E-state index is 11.8. The molecule has 1 heterocycles. The number of amides is 3. The zero-order valence-electron chi connectivity index (χ0n) is 13.0. The Morgan fingerprint density at radius 2 is 2.14 bits per heavy atom. The summed E-state index contributed by atoms with van der Waals surface area (Å²) in [6.45, 7) is 2.07. The van der Waals surface area contributed by atoms with Gasteiger partial charge in [-0.25, -0.2) is 4.79 Å². The molecule has 122 valence electrons. The van der Waals surface area contributed by atoms with E-state index in [0.717, 1.165) is 6.54 Å². The third-order valence-electron chi connectivity index (χ3n) is 3.27. The van der Waals surface area contributed by atoms with E-state index < -0.39 is 12.1 Å². The lowest BCUT2D eigenvalue weighted by atomic mass is 10.2. The van der Waals surface area contributed by atoms with Crippen molar-refractivity contribution < 1.29 is 19.4 Å². The second-order valence-corrected chi connectivity index (χ2v) is 5.53. The van der Waals surface area contributed by atoms with E-state index in [9.17, 15) is 14.7 Å². The minimum Gasteiger partial charge on any atom is -0.392 e. The van der Waals surface area contributed by atoms with Crippen molar-refractivity contribution in [3.8, 4) is 0 Å². The van der Waals surface area contributed by atoms with Crippen LogP contribution in [0.4, 0.5) is 4.79 Å². The number of nitrogens with one attached hydrogen (secondary N) is 2. The minimum atomic E-state index is -0.527. The number of aliphatic hydroxyl groups is 1. The van der Waals surface area contributed by atoms with Crippen molar-refractivity contribution in [2.24, 2.45) is 0 Å². The Labute approximate surface area is 125 Å². The number of methoxy groups -OCH3 is 1. The van der Waals surface area contributed by atoms with Crippen LogP contribution in [0.15, 0.2) is 0 Å². The highest BCUT2D eigenvalue weighted by molar-refractivity contribution is 5.95. The van der Waals surface area contributed by atoms with Gasteiger partial charge in [0.05, 0.1) is 19.3 Å². The van der Waals surface area contributed by atoms with E-state index in [2.05, 4.69) is 10.6 Å². The van der Waals surface area contributed by atoms with Gasteiger partial charge in [0.15, 0.2) is 0 Å². The molecule has 1 fully saturated rings. The Morgan fingerprint density at radius 3 is 2.76 bits per heavy atom. The lowest BCUT2D eigenvalue weighted by Crippen LogP contribution is -2.47. The summed E-state index contributed by atoms with van der Waals surface area (Å²) in [5.41, 5.74) is 0. The normalized spacial score (nSPS) is 22.5. The van der Waals surface area contributed by atoms with Gasteiger partial charge in [0, 0.05) is 32.8 Å². The summed E-state index contributed by atoms with van der Waals surface area (Å²) in [5.74, 6) is -0.372. The quantitative estimate of drug-likeness (QED) is 0.493. The first kappa shape index (κ1) is 17.8. The number of likely N-dealkylation sites (tertiary alicyclic amines) is 1. The first-order chi connectivity index (χ1) is 9.92. The van der Waals surface area contributed by atoms with Gasteiger partial charge in [0.1, 0.15) is 0 Å². The third kappa shape index (κ3) is 6.85. The number of ether oxygens (including phenoxy) is 1. The molecule has 3 amide bonds. The van der Waals surface area contributed by atoms with Crippen LogP contribution in [0.2, 0.25) is 0 Å². The van der Waals surface area contributed by atoms with Gasteiger partial charge in [-0.1, -0.05) is 0 Å². The largest absolute Gasteiger partial charge is 0.392 e. The second kappa shape index (κ2) is 8.93. The van der Waals surface area contributed by atoms with E-state index in [0.29, 0.717) is 26.1 Å². The first-order valence-corrected chi connectivity index (χ1v) is 7.05. The predicted octanol–water partition coefficient (Wildman–Crippen LogP) is -1.54. The molecule has 0 saturated carbocycles. The number of imide groups is 1. The summed E-state index contributed by atoms with van der Waals surface area (Å²) >= 11 is 0. The van der Waals surface area contributed by atoms with E-state index in [1.807, 2.05) is 23.9 Å². The summed E-state index contributed by atoms with van der Waals surface area (Å²) in [4.78, 5) is 27.2. The Morgan fingerprint density at radius 1 is 1.43 bits per heavy atom. The van der Waals surface area contributed by atoms with Crippen LogP contribution in [0.5, 0.6) is 0 Å². The number of hydrogen-bond donors (Lipinski definition) is 3. The van der Waals surface area contributed by atoms with Crippen LogP contribution in [-0.4, -0.2) is 93.0 Å². The van der Waals surface area contributed by atoms with E-state index >= 15 is 0 Å². The highest BCUT2D eigenvalue weighted by Gasteiger charge is 2.32. The van der Waals surface area contributed by atoms with Gasteiger partial charge >= 0.3 is 6.03 Å². The Bertz CT molecular complexity index is 351. The Balaban J connectivity index is 2.36. The average Bonchev–Trinajstić information content (AvgIpc) is 2.68. The summed E-state index contributed by atoms with van der Waals surface area (Å²) in [6, 6.07) is -0.404. The van der Waals surface area contributed by atoms with Crippen LogP contribution < -0.4 is 10.6 Å². The second-order valence-electron chi connectivity index (χ2n) is 5.53. The van der Waals surface area contributed by atoms with Crippen LogP contribution in [0, 0.1) is 0 Å². The molecule has 2 atom stereocenters. The lowest BCUT2D eigenvalue weighted by Gasteiger charge is -2.25. The van der Waals surface area contributed by atoms with Crippen molar-refractivity contribution >= 4 is 11.9 Å². The molecule has 1 aliphatic heterocycles. The molecule has 8 nitrogen and oxygen atoms in total. The number of aliphatic hydroxyl groups excluding tert-OH is 1. The number of likely N-dealkylation sites (N-methyl/N-ethyl adjacent to an activating group) is 1. The molecule has 21 heavy (non-hydrogen) atoms. The lowest BCUT2D eigenvalue weighted by molar-refractivity contribution is -0.121. The van der Waals surface area contributed by atoms with Crippen molar-refractivity contribution in [3.63, 3.8) is 0 Å².